The molecule has 110 valence electrons. The van der Waals surface area contributed by atoms with Crippen molar-refractivity contribution in [3.63, 3.8) is 0 Å². The van der Waals surface area contributed by atoms with E-state index in [9.17, 15) is 4.79 Å². The second kappa shape index (κ2) is 5.40. The van der Waals surface area contributed by atoms with Crippen LogP contribution in [-0.4, -0.2) is 10.2 Å². The highest BCUT2D eigenvalue weighted by molar-refractivity contribution is 6.53. The van der Waals surface area contributed by atoms with E-state index < -0.39 is 9.75 Å². The van der Waals surface area contributed by atoms with Crippen molar-refractivity contribution < 1.29 is 4.79 Å². The molecule has 0 heterocycles. The van der Waals surface area contributed by atoms with Crippen LogP contribution in [-0.2, 0) is 4.79 Å². The summed E-state index contributed by atoms with van der Waals surface area (Å²) >= 11 is 18.4. The van der Waals surface area contributed by atoms with Crippen molar-refractivity contribution in [1.82, 2.24) is 5.32 Å². The first-order valence-electron chi connectivity index (χ1n) is 6.71. The maximum Gasteiger partial charge on any atom is 0.230 e. The van der Waals surface area contributed by atoms with E-state index in [4.69, 9.17) is 34.8 Å². The van der Waals surface area contributed by atoms with Crippen molar-refractivity contribution in [2.75, 3.05) is 0 Å². The van der Waals surface area contributed by atoms with Crippen LogP contribution in [0, 0.1) is 11.3 Å². The molecule has 20 heavy (non-hydrogen) atoms. The van der Waals surface area contributed by atoms with Crippen molar-refractivity contribution in [2.45, 2.75) is 37.6 Å². The first-order chi connectivity index (χ1) is 9.27. The SMILES string of the molecule is CC[C@@]1(C(=O)N[C@H](C)c2ccc(Cl)cc2)C(C)C1(Cl)Cl. The molecule has 0 spiro atoms. The van der Waals surface area contributed by atoms with Gasteiger partial charge in [-0.1, -0.05) is 37.6 Å². The second-order valence-electron chi connectivity index (χ2n) is 5.42. The summed E-state index contributed by atoms with van der Waals surface area (Å²) in [6.45, 7) is 5.78. The fourth-order valence-electron chi connectivity index (χ4n) is 2.85. The van der Waals surface area contributed by atoms with Crippen molar-refractivity contribution in [3.05, 3.63) is 34.9 Å². The van der Waals surface area contributed by atoms with Gasteiger partial charge in [0.2, 0.25) is 5.91 Å². The molecule has 1 fully saturated rings. The molecule has 1 aromatic rings. The maximum absolute atomic E-state index is 12.5. The Hall–Kier alpha value is -0.440. The molecule has 1 aliphatic rings. The predicted octanol–water partition coefficient (Wildman–Crippen LogP) is 4.74. The third-order valence-electron chi connectivity index (χ3n) is 4.47. The molecule has 1 unspecified atom stereocenters. The molecule has 2 nitrogen and oxygen atoms in total. The molecule has 0 aromatic heterocycles. The van der Waals surface area contributed by atoms with Gasteiger partial charge in [-0.2, -0.15) is 0 Å². The normalized spacial score (nSPS) is 28.8. The Balaban J connectivity index is 2.11. The number of nitrogens with one attached hydrogen (secondary N) is 1. The Morgan fingerprint density at radius 1 is 1.35 bits per heavy atom. The molecule has 1 saturated carbocycles. The van der Waals surface area contributed by atoms with Crippen LogP contribution in [0.5, 0.6) is 0 Å². The van der Waals surface area contributed by atoms with Gasteiger partial charge >= 0.3 is 0 Å². The van der Waals surface area contributed by atoms with Crippen LogP contribution in [0.1, 0.15) is 38.8 Å². The lowest BCUT2D eigenvalue weighted by molar-refractivity contribution is -0.127. The molecule has 1 aromatic carbocycles. The molecule has 0 aliphatic heterocycles. The van der Waals surface area contributed by atoms with Gasteiger partial charge in [0, 0.05) is 10.9 Å². The molecule has 3 atom stereocenters. The zero-order valence-corrected chi connectivity index (χ0v) is 14.0. The van der Waals surface area contributed by atoms with E-state index in [1.54, 1.807) is 0 Å². The van der Waals surface area contributed by atoms with E-state index in [1.165, 1.54) is 0 Å². The van der Waals surface area contributed by atoms with Crippen molar-refractivity contribution in [3.8, 4) is 0 Å². The van der Waals surface area contributed by atoms with Gasteiger partial charge in [-0.15, -0.1) is 23.2 Å². The summed E-state index contributed by atoms with van der Waals surface area (Å²) in [6, 6.07) is 7.30. The minimum Gasteiger partial charge on any atom is -0.349 e. The lowest BCUT2D eigenvalue weighted by atomic mass is 9.98. The third-order valence-corrected chi connectivity index (χ3v) is 6.06. The smallest absolute Gasteiger partial charge is 0.230 e. The standard InChI is InChI=1S/C15H18Cl3NO/c1-4-14(10(3)15(14,17)18)13(20)19-9(2)11-5-7-12(16)8-6-11/h5-10H,4H2,1-3H3,(H,19,20)/t9-,10?,14+/m1/s1. The Labute approximate surface area is 134 Å². The van der Waals surface area contributed by atoms with Crippen LogP contribution in [0.4, 0.5) is 0 Å². The van der Waals surface area contributed by atoms with Gasteiger partial charge in [0.1, 0.15) is 4.33 Å². The number of benzene rings is 1. The molecule has 2 rings (SSSR count). The van der Waals surface area contributed by atoms with Crippen molar-refractivity contribution in [2.24, 2.45) is 11.3 Å². The van der Waals surface area contributed by atoms with Crippen LogP contribution in [0.2, 0.25) is 5.02 Å². The average molecular weight is 335 g/mol. The highest BCUT2D eigenvalue weighted by atomic mass is 35.5. The highest BCUT2D eigenvalue weighted by Gasteiger charge is 2.76. The van der Waals surface area contributed by atoms with E-state index in [0.717, 1.165) is 5.56 Å². The number of alkyl halides is 2. The fourth-order valence-corrected chi connectivity index (χ4v) is 4.01. The third kappa shape index (κ3) is 2.32. The topological polar surface area (TPSA) is 29.1 Å². The van der Waals surface area contributed by atoms with Gasteiger partial charge in [0.05, 0.1) is 11.5 Å². The average Bonchev–Trinajstić information content (AvgIpc) is 2.84. The quantitative estimate of drug-likeness (QED) is 0.792. The molecule has 1 aliphatic carbocycles. The lowest BCUT2D eigenvalue weighted by Gasteiger charge is -2.20. The van der Waals surface area contributed by atoms with Crippen LogP contribution < -0.4 is 5.32 Å². The van der Waals surface area contributed by atoms with Crippen molar-refractivity contribution >= 4 is 40.7 Å². The molecular formula is C15H18Cl3NO. The monoisotopic (exact) mass is 333 g/mol. The molecule has 5 heteroatoms. The van der Waals surface area contributed by atoms with Gasteiger partial charge in [-0.3, -0.25) is 4.79 Å². The Morgan fingerprint density at radius 3 is 2.25 bits per heavy atom. The zero-order chi connectivity index (χ0) is 15.1. The number of hydrogen-bond donors (Lipinski definition) is 1. The molecule has 0 radical (unpaired) electrons. The summed E-state index contributed by atoms with van der Waals surface area (Å²) in [5, 5.41) is 3.68. The number of halogens is 3. The van der Waals surface area contributed by atoms with E-state index in [1.807, 2.05) is 45.0 Å². The van der Waals surface area contributed by atoms with Crippen LogP contribution >= 0.6 is 34.8 Å². The van der Waals surface area contributed by atoms with E-state index >= 15 is 0 Å². The van der Waals surface area contributed by atoms with Gasteiger partial charge in [0.25, 0.3) is 0 Å². The second-order valence-corrected chi connectivity index (χ2v) is 7.24. The van der Waals surface area contributed by atoms with Crippen LogP contribution in [0.3, 0.4) is 0 Å². The van der Waals surface area contributed by atoms with Crippen LogP contribution in [0.25, 0.3) is 0 Å². The number of carbonyl (C=O) groups is 1. The first-order valence-corrected chi connectivity index (χ1v) is 7.85. The summed E-state index contributed by atoms with van der Waals surface area (Å²) in [5.74, 6) is -0.124. The highest BCUT2D eigenvalue weighted by Crippen LogP contribution is 2.70. The summed E-state index contributed by atoms with van der Waals surface area (Å²) in [5.41, 5.74) is 0.314. The number of hydrogen-bond acceptors (Lipinski definition) is 1. The minimum absolute atomic E-state index is 0.0410. The summed E-state index contributed by atoms with van der Waals surface area (Å²) in [4.78, 5) is 12.5. The Bertz CT molecular complexity index is 514. The van der Waals surface area contributed by atoms with Gasteiger partial charge in [0.15, 0.2) is 0 Å². The molecule has 1 N–H and O–H groups in total. The number of carbonyl (C=O) groups excluding carboxylic acids is 1. The van der Waals surface area contributed by atoms with E-state index in [2.05, 4.69) is 5.32 Å². The van der Waals surface area contributed by atoms with Gasteiger partial charge < -0.3 is 5.32 Å². The van der Waals surface area contributed by atoms with Gasteiger partial charge in [-0.05, 0) is 31.0 Å². The number of amides is 1. The predicted molar refractivity (Wildman–Crippen MR) is 84.3 cm³/mol. The molecule has 1 amide bonds. The summed E-state index contributed by atoms with van der Waals surface area (Å²) in [6.07, 6.45) is 0.625. The minimum atomic E-state index is -0.967. The van der Waals surface area contributed by atoms with E-state index in [0.29, 0.717) is 11.4 Å². The summed E-state index contributed by atoms with van der Waals surface area (Å²) in [7, 11) is 0. The fraction of sp³-hybridized carbons (Fsp3) is 0.533. The largest absolute Gasteiger partial charge is 0.349 e. The lowest BCUT2D eigenvalue weighted by Crippen LogP contribution is -2.36. The molecule has 0 saturated heterocycles. The summed E-state index contributed by atoms with van der Waals surface area (Å²) < 4.78 is -0.967. The van der Waals surface area contributed by atoms with Crippen molar-refractivity contribution in [1.29, 1.82) is 0 Å². The van der Waals surface area contributed by atoms with E-state index in [-0.39, 0.29) is 17.9 Å². The molecule has 0 bridgehead atoms. The maximum atomic E-state index is 12.5. The van der Waals surface area contributed by atoms with Crippen LogP contribution in [0.15, 0.2) is 24.3 Å². The number of rotatable bonds is 4. The zero-order valence-electron chi connectivity index (χ0n) is 11.7. The Kier molecular flexibility index (Phi) is 4.30. The first kappa shape index (κ1) is 15.9. The Morgan fingerprint density at radius 2 is 1.85 bits per heavy atom. The molecular weight excluding hydrogens is 317 g/mol. The van der Waals surface area contributed by atoms with Gasteiger partial charge in [-0.25, -0.2) is 0 Å².